The maximum Gasteiger partial charge on any atom is 0.196 e. The summed E-state index contributed by atoms with van der Waals surface area (Å²) in [5.74, 6) is 0.681. The molecule has 2 aromatic heterocycles. The van der Waals surface area contributed by atoms with Crippen molar-refractivity contribution >= 4 is 22.3 Å². The molecular weight excluding hydrogens is 288 g/mol. The summed E-state index contributed by atoms with van der Waals surface area (Å²) >= 11 is 0. The van der Waals surface area contributed by atoms with E-state index in [1.807, 2.05) is 40.9 Å². The van der Waals surface area contributed by atoms with Crippen molar-refractivity contribution in [1.82, 2.24) is 9.38 Å². The summed E-state index contributed by atoms with van der Waals surface area (Å²) < 4.78 is 7.09. The molecule has 0 aliphatic heterocycles. The molecule has 4 heteroatoms. The molecule has 23 heavy (non-hydrogen) atoms. The van der Waals surface area contributed by atoms with Gasteiger partial charge in [-0.05, 0) is 41.8 Å². The second-order valence-electron chi connectivity index (χ2n) is 5.30. The van der Waals surface area contributed by atoms with Crippen molar-refractivity contribution in [1.29, 1.82) is 0 Å². The highest BCUT2D eigenvalue weighted by molar-refractivity contribution is 6.14. The van der Waals surface area contributed by atoms with Crippen molar-refractivity contribution in [3.05, 3.63) is 78.1 Å². The molecule has 0 spiro atoms. The fraction of sp³-hybridized carbons (Fsp3) is 0.0526. The maximum absolute atomic E-state index is 12.9. The second kappa shape index (κ2) is 5.25. The number of pyridine rings is 1. The molecule has 0 saturated carbocycles. The van der Waals surface area contributed by atoms with Crippen LogP contribution in [0.1, 0.15) is 15.9 Å². The van der Waals surface area contributed by atoms with E-state index in [0.717, 1.165) is 16.7 Å². The van der Waals surface area contributed by atoms with E-state index < -0.39 is 0 Å². The summed E-state index contributed by atoms with van der Waals surface area (Å²) in [5, 5.41) is 1.01. The highest BCUT2D eigenvalue weighted by atomic mass is 16.5. The first kappa shape index (κ1) is 13.5. The molecule has 0 unspecified atom stereocenters. The van der Waals surface area contributed by atoms with Crippen molar-refractivity contribution < 1.29 is 9.53 Å². The number of carbonyl (C=O) groups is 1. The fourth-order valence-electron chi connectivity index (χ4n) is 2.81. The zero-order chi connectivity index (χ0) is 15.8. The monoisotopic (exact) mass is 302 g/mol. The molecule has 4 nitrogen and oxygen atoms in total. The highest BCUT2D eigenvalue weighted by Crippen LogP contribution is 2.23. The number of fused-ring (bicyclic) bond motifs is 3. The molecule has 0 aliphatic carbocycles. The van der Waals surface area contributed by atoms with E-state index >= 15 is 0 Å². The highest BCUT2D eigenvalue weighted by Gasteiger charge is 2.16. The van der Waals surface area contributed by atoms with E-state index in [1.54, 1.807) is 37.6 Å². The molecule has 0 radical (unpaired) electrons. The van der Waals surface area contributed by atoms with Gasteiger partial charge in [-0.25, -0.2) is 4.98 Å². The molecule has 0 atom stereocenters. The van der Waals surface area contributed by atoms with E-state index in [1.165, 1.54) is 0 Å². The summed E-state index contributed by atoms with van der Waals surface area (Å²) in [4.78, 5) is 17.3. The average Bonchev–Trinajstić information content (AvgIpc) is 3.10. The van der Waals surface area contributed by atoms with Gasteiger partial charge in [0.2, 0.25) is 0 Å². The third kappa shape index (κ3) is 2.16. The van der Waals surface area contributed by atoms with Gasteiger partial charge in [-0.15, -0.1) is 0 Å². The van der Waals surface area contributed by atoms with Crippen LogP contribution in [0.15, 0.2) is 67.0 Å². The van der Waals surface area contributed by atoms with Crippen molar-refractivity contribution in [2.45, 2.75) is 0 Å². The number of rotatable bonds is 3. The number of ether oxygens (including phenoxy) is 1. The Kier molecular flexibility index (Phi) is 3.08. The van der Waals surface area contributed by atoms with E-state index in [-0.39, 0.29) is 5.78 Å². The van der Waals surface area contributed by atoms with Crippen molar-refractivity contribution in [3.8, 4) is 5.75 Å². The zero-order valence-electron chi connectivity index (χ0n) is 12.6. The molecule has 0 fully saturated rings. The Morgan fingerprint density at radius 2 is 1.87 bits per heavy atom. The molecule has 2 aromatic carbocycles. The Morgan fingerprint density at radius 3 is 2.65 bits per heavy atom. The Balaban J connectivity index is 1.92. The van der Waals surface area contributed by atoms with Crippen molar-refractivity contribution in [2.75, 3.05) is 7.11 Å². The lowest BCUT2D eigenvalue weighted by Crippen LogP contribution is -2.05. The van der Waals surface area contributed by atoms with Gasteiger partial charge in [-0.2, -0.15) is 0 Å². The largest absolute Gasteiger partial charge is 0.497 e. The van der Waals surface area contributed by atoms with Crippen LogP contribution in [0.5, 0.6) is 5.75 Å². The van der Waals surface area contributed by atoms with Gasteiger partial charge < -0.3 is 4.74 Å². The fourth-order valence-corrected chi connectivity index (χ4v) is 2.81. The third-order valence-corrected chi connectivity index (χ3v) is 3.97. The number of methoxy groups -OCH3 is 1. The first-order valence-electron chi connectivity index (χ1n) is 7.31. The van der Waals surface area contributed by atoms with E-state index in [4.69, 9.17) is 4.74 Å². The van der Waals surface area contributed by atoms with Gasteiger partial charge >= 0.3 is 0 Å². The number of aromatic nitrogens is 2. The summed E-state index contributed by atoms with van der Waals surface area (Å²) in [5.41, 5.74) is 2.92. The smallest absolute Gasteiger partial charge is 0.196 e. The van der Waals surface area contributed by atoms with E-state index in [2.05, 4.69) is 4.98 Å². The summed E-state index contributed by atoms with van der Waals surface area (Å²) in [6.45, 7) is 0. The van der Waals surface area contributed by atoms with Crippen molar-refractivity contribution in [3.63, 3.8) is 0 Å². The average molecular weight is 302 g/mol. The first-order valence-corrected chi connectivity index (χ1v) is 7.31. The number of nitrogens with zero attached hydrogens (tertiary/aromatic N) is 2. The molecule has 112 valence electrons. The van der Waals surface area contributed by atoms with Crippen LogP contribution in [0.25, 0.3) is 16.6 Å². The molecule has 2 heterocycles. The quantitative estimate of drug-likeness (QED) is 0.542. The SMILES string of the molecule is COc1ccc(C(=O)c2cc3ccccc3n3ccnc23)cc1. The lowest BCUT2D eigenvalue weighted by molar-refractivity contribution is 0.104. The number of carbonyl (C=O) groups excluding carboxylic acids is 1. The Bertz CT molecular complexity index is 1020. The van der Waals surface area contributed by atoms with Gasteiger partial charge in [0.1, 0.15) is 11.4 Å². The number of benzene rings is 2. The molecule has 0 saturated heterocycles. The van der Waals surface area contributed by atoms with Gasteiger partial charge in [-0.1, -0.05) is 18.2 Å². The van der Waals surface area contributed by atoms with Crippen LogP contribution in [-0.2, 0) is 0 Å². The summed E-state index contributed by atoms with van der Waals surface area (Å²) in [6, 6.07) is 17.0. The van der Waals surface area contributed by atoms with Gasteiger partial charge in [0, 0.05) is 18.0 Å². The van der Waals surface area contributed by atoms with Crippen LogP contribution >= 0.6 is 0 Å². The first-order chi connectivity index (χ1) is 11.3. The molecule has 4 aromatic rings. The minimum atomic E-state index is -0.0467. The maximum atomic E-state index is 12.9. The Morgan fingerprint density at radius 1 is 1.09 bits per heavy atom. The molecular formula is C19H14N2O2. The summed E-state index contributed by atoms with van der Waals surface area (Å²) in [7, 11) is 1.61. The Labute approximate surface area is 133 Å². The number of ketones is 1. The van der Waals surface area contributed by atoms with Crippen molar-refractivity contribution in [2.24, 2.45) is 0 Å². The van der Waals surface area contributed by atoms with Gasteiger partial charge in [0.15, 0.2) is 5.78 Å². The standard InChI is InChI=1S/C19H14N2O2/c1-23-15-8-6-13(7-9-15)18(22)16-12-14-4-2-3-5-17(14)21-11-10-20-19(16)21/h2-12H,1H3. The number of hydrogen-bond acceptors (Lipinski definition) is 3. The van der Waals surface area contributed by atoms with Crippen LogP contribution in [-0.4, -0.2) is 22.3 Å². The summed E-state index contributed by atoms with van der Waals surface area (Å²) in [6.07, 6.45) is 3.59. The zero-order valence-corrected chi connectivity index (χ0v) is 12.6. The molecule has 0 bridgehead atoms. The molecule has 0 N–H and O–H groups in total. The molecule has 4 rings (SSSR count). The van der Waals surface area contributed by atoms with Crippen LogP contribution < -0.4 is 4.74 Å². The number of imidazole rings is 1. The van der Waals surface area contributed by atoms with Crippen LogP contribution in [0.4, 0.5) is 0 Å². The van der Waals surface area contributed by atoms with Crippen LogP contribution in [0.2, 0.25) is 0 Å². The van der Waals surface area contributed by atoms with Gasteiger partial charge in [0.05, 0.1) is 18.2 Å². The van der Waals surface area contributed by atoms with E-state index in [0.29, 0.717) is 16.8 Å². The van der Waals surface area contributed by atoms with Crippen LogP contribution in [0.3, 0.4) is 0 Å². The second-order valence-corrected chi connectivity index (χ2v) is 5.30. The minimum absolute atomic E-state index is 0.0467. The van der Waals surface area contributed by atoms with Gasteiger partial charge in [-0.3, -0.25) is 9.20 Å². The number of hydrogen-bond donors (Lipinski definition) is 0. The predicted molar refractivity (Wildman–Crippen MR) is 89.1 cm³/mol. The lowest BCUT2D eigenvalue weighted by atomic mass is 10.0. The third-order valence-electron chi connectivity index (χ3n) is 3.97. The number of para-hydroxylation sites is 1. The van der Waals surface area contributed by atoms with E-state index in [9.17, 15) is 4.79 Å². The molecule has 0 aliphatic rings. The minimum Gasteiger partial charge on any atom is -0.497 e. The lowest BCUT2D eigenvalue weighted by Gasteiger charge is -2.08. The van der Waals surface area contributed by atoms with Gasteiger partial charge in [0.25, 0.3) is 0 Å². The normalized spacial score (nSPS) is 11.0. The molecule has 0 amide bonds. The predicted octanol–water partition coefficient (Wildman–Crippen LogP) is 3.73. The Hall–Kier alpha value is -3.14. The van der Waals surface area contributed by atoms with Crippen LogP contribution in [0, 0.1) is 0 Å². The topological polar surface area (TPSA) is 43.6 Å².